The normalized spacial score (nSPS) is 13.1. The maximum atomic E-state index is 12.9. The van der Waals surface area contributed by atoms with Gasteiger partial charge in [0.1, 0.15) is 6.61 Å². The Labute approximate surface area is 193 Å². The Bertz CT molecular complexity index is 1120. The number of ether oxygens (including phenoxy) is 2. The van der Waals surface area contributed by atoms with Crippen molar-refractivity contribution in [2.24, 2.45) is 0 Å². The lowest BCUT2D eigenvalue weighted by Crippen LogP contribution is -2.23. The van der Waals surface area contributed by atoms with Gasteiger partial charge in [-0.25, -0.2) is 0 Å². The summed E-state index contributed by atoms with van der Waals surface area (Å²) in [6.45, 7) is 4.02. The number of likely N-dealkylation sites (tertiary alicyclic amines) is 1. The zero-order valence-corrected chi connectivity index (χ0v) is 18.6. The number of hydrogen-bond donors (Lipinski definition) is 1. The summed E-state index contributed by atoms with van der Waals surface area (Å²) in [6, 6.07) is 16.5. The van der Waals surface area contributed by atoms with Gasteiger partial charge in [0.25, 0.3) is 5.91 Å². The fourth-order valence-corrected chi connectivity index (χ4v) is 3.72. The van der Waals surface area contributed by atoms with Crippen LogP contribution in [0.15, 0.2) is 67.0 Å². The number of rotatable bonds is 9. The van der Waals surface area contributed by atoms with E-state index in [-0.39, 0.29) is 11.8 Å². The molecule has 1 N–H and O–H groups in total. The van der Waals surface area contributed by atoms with Crippen LogP contribution in [0.3, 0.4) is 0 Å². The Hall–Kier alpha value is -3.87. The topological polar surface area (TPSA) is 80.8 Å². The van der Waals surface area contributed by atoms with Crippen LogP contribution >= 0.6 is 0 Å². The van der Waals surface area contributed by atoms with Gasteiger partial charge in [0.2, 0.25) is 5.91 Å². The third-order valence-corrected chi connectivity index (χ3v) is 5.35. The molecule has 0 spiro atoms. The second-order valence-corrected chi connectivity index (χ2v) is 7.82. The van der Waals surface area contributed by atoms with Crippen molar-refractivity contribution < 1.29 is 19.1 Å². The van der Waals surface area contributed by atoms with Crippen LogP contribution in [-0.4, -0.2) is 34.8 Å². The van der Waals surface area contributed by atoms with E-state index < -0.39 is 0 Å². The molecular formula is C26H27N3O4. The number of nitrogens with zero attached hydrogens (tertiary/aromatic N) is 2. The molecule has 0 radical (unpaired) electrons. The van der Waals surface area contributed by atoms with E-state index in [1.165, 1.54) is 0 Å². The van der Waals surface area contributed by atoms with Crippen LogP contribution in [0.4, 0.5) is 5.69 Å². The van der Waals surface area contributed by atoms with Crippen LogP contribution in [-0.2, 0) is 17.9 Å². The molecule has 33 heavy (non-hydrogen) atoms. The highest BCUT2D eigenvalue weighted by Crippen LogP contribution is 2.30. The van der Waals surface area contributed by atoms with Crippen LogP contribution in [0.5, 0.6) is 11.5 Å². The number of hydrogen-bond acceptors (Lipinski definition) is 5. The zero-order chi connectivity index (χ0) is 23.0. The molecule has 0 aliphatic carbocycles. The van der Waals surface area contributed by atoms with Crippen molar-refractivity contribution in [3.8, 4) is 11.5 Å². The number of anilines is 1. The molecule has 2 heterocycles. The molecule has 170 valence electrons. The maximum Gasteiger partial charge on any atom is 0.255 e. The first-order chi connectivity index (χ1) is 16.1. The van der Waals surface area contributed by atoms with Gasteiger partial charge in [-0.1, -0.05) is 18.2 Å². The predicted octanol–water partition coefficient (Wildman–Crippen LogP) is 4.43. The molecule has 1 saturated heterocycles. The molecule has 4 rings (SSSR count). The van der Waals surface area contributed by atoms with Gasteiger partial charge in [-0.15, -0.1) is 0 Å². The lowest BCUT2D eigenvalue weighted by molar-refractivity contribution is -0.128. The van der Waals surface area contributed by atoms with Crippen LogP contribution < -0.4 is 14.8 Å². The second-order valence-electron chi connectivity index (χ2n) is 7.82. The first-order valence-corrected chi connectivity index (χ1v) is 11.1. The second kappa shape index (κ2) is 10.6. The summed E-state index contributed by atoms with van der Waals surface area (Å²) in [5, 5.41) is 2.93. The Morgan fingerprint density at radius 2 is 1.94 bits per heavy atom. The molecule has 0 bridgehead atoms. The van der Waals surface area contributed by atoms with Crippen molar-refractivity contribution in [3.05, 3.63) is 83.7 Å². The molecular weight excluding hydrogens is 418 g/mol. The van der Waals surface area contributed by atoms with E-state index >= 15 is 0 Å². The van der Waals surface area contributed by atoms with E-state index in [0.717, 1.165) is 24.1 Å². The largest absolute Gasteiger partial charge is 0.490 e. The van der Waals surface area contributed by atoms with Crippen LogP contribution in [0.25, 0.3) is 0 Å². The average Bonchev–Trinajstić information content (AvgIpc) is 3.23. The number of aromatic nitrogens is 1. The van der Waals surface area contributed by atoms with Gasteiger partial charge in [-0.2, -0.15) is 0 Å². The SMILES string of the molecule is CCOc1cc(C(=O)Nc2cccc(CN3CCCC3=O)c2)ccc1OCc1cccnc1. The molecule has 1 fully saturated rings. The van der Waals surface area contributed by atoms with Gasteiger partial charge in [-0.3, -0.25) is 14.6 Å². The highest BCUT2D eigenvalue weighted by Gasteiger charge is 2.20. The minimum absolute atomic E-state index is 0.179. The highest BCUT2D eigenvalue weighted by atomic mass is 16.5. The molecule has 1 aromatic heterocycles. The third kappa shape index (κ3) is 5.88. The molecule has 0 saturated carbocycles. The summed E-state index contributed by atoms with van der Waals surface area (Å²) in [5.41, 5.74) is 3.07. The Morgan fingerprint density at radius 1 is 1.06 bits per heavy atom. The number of carbonyl (C=O) groups is 2. The number of amides is 2. The molecule has 0 unspecified atom stereocenters. The first kappa shape index (κ1) is 22.3. The van der Waals surface area contributed by atoms with Gasteiger partial charge in [0.05, 0.1) is 6.61 Å². The Morgan fingerprint density at radius 3 is 2.70 bits per heavy atom. The average molecular weight is 446 g/mol. The molecule has 7 heteroatoms. The summed E-state index contributed by atoms with van der Waals surface area (Å²) in [7, 11) is 0. The van der Waals surface area contributed by atoms with Gasteiger partial charge < -0.3 is 19.7 Å². The van der Waals surface area contributed by atoms with Crippen molar-refractivity contribution in [3.63, 3.8) is 0 Å². The van der Waals surface area contributed by atoms with Gasteiger partial charge in [0.15, 0.2) is 11.5 Å². The summed E-state index contributed by atoms with van der Waals surface area (Å²) in [6.07, 6.45) is 4.97. The predicted molar refractivity (Wildman–Crippen MR) is 125 cm³/mol. The number of pyridine rings is 1. The Balaban J connectivity index is 1.43. The maximum absolute atomic E-state index is 12.9. The van der Waals surface area contributed by atoms with E-state index in [9.17, 15) is 9.59 Å². The minimum Gasteiger partial charge on any atom is -0.490 e. The molecule has 2 amide bonds. The van der Waals surface area contributed by atoms with E-state index in [2.05, 4.69) is 10.3 Å². The quantitative estimate of drug-likeness (QED) is 0.527. The van der Waals surface area contributed by atoms with Crippen molar-refractivity contribution in [1.29, 1.82) is 0 Å². The van der Waals surface area contributed by atoms with Crippen molar-refractivity contribution >= 4 is 17.5 Å². The molecule has 3 aromatic rings. The Kier molecular flexibility index (Phi) is 7.19. The molecule has 7 nitrogen and oxygen atoms in total. The summed E-state index contributed by atoms with van der Waals surface area (Å²) in [4.78, 5) is 30.7. The fraction of sp³-hybridized carbons (Fsp3) is 0.269. The summed E-state index contributed by atoms with van der Waals surface area (Å²) in [5.74, 6) is 1.01. The number of carbonyl (C=O) groups excluding carboxylic acids is 2. The van der Waals surface area contributed by atoms with Crippen LogP contribution in [0.2, 0.25) is 0 Å². The smallest absolute Gasteiger partial charge is 0.255 e. The van der Waals surface area contributed by atoms with Gasteiger partial charge >= 0.3 is 0 Å². The highest BCUT2D eigenvalue weighted by molar-refractivity contribution is 6.04. The van der Waals surface area contributed by atoms with E-state index in [4.69, 9.17) is 9.47 Å². The van der Waals surface area contributed by atoms with Crippen LogP contribution in [0, 0.1) is 0 Å². The summed E-state index contributed by atoms with van der Waals surface area (Å²) >= 11 is 0. The number of nitrogens with one attached hydrogen (secondary N) is 1. The zero-order valence-electron chi connectivity index (χ0n) is 18.6. The first-order valence-electron chi connectivity index (χ1n) is 11.1. The number of benzene rings is 2. The lowest BCUT2D eigenvalue weighted by Gasteiger charge is -2.16. The standard InChI is InChI=1S/C26H27N3O4/c1-2-32-24-15-21(10-11-23(24)33-18-20-7-4-12-27-16-20)26(31)28-22-8-3-6-19(14-22)17-29-13-5-9-25(29)30/h3-4,6-8,10-12,14-16H,2,5,9,13,17-18H2,1H3,(H,28,31). The lowest BCUT2D eigenvalue weighted by atomic mass is 10.1. The minimum atomic E-state index is -0.246. The van der Waals surface area contributed by atoms with Crippen molar-refractivity contribution in [2.45, 2.75) is 32.9 Å². The molecule has 2 aromatic carbocycles. The van der Waals surface area contributed by atoms with Gasteiger partial charge in [0, 0.05) is 48.7 Å². The third-order valence-electron chi connectivity index (χ3n) is 5.35. The fourth-order valence-electron chi connectivity index (χ4n) is 3.72. The monoisotopic (exact) mass is 445 g/mol. The summed E-state index contributed by atoms with van der Waals surface area (Å²) < 4.78 is 11.6. The van der Waals surface area contributed by atoms with E-state index in [0.29, 0.717) is 48.9 Å². The molecule has 1 aliphatic rings. The van der Waals surface area contributed by atoms with Crippen molar-refractivity contribution in [2.75, 3.05) is 18.5 Å². The van der Waals surface area contributed by atoms with E-state index in [1.54, 1.807) is 30.6 Å². The molecule has 0 atom stereocenters. The van der Waals surface area contributed by atoms with Gasteiger partial charge in [-0.05, 0) is 55.3 Å². The van der Waals surface area contributed by atoms with E-state index in [1.807, 2.05) is 48.2 Å². The molecule has 1 aliphatic heterocycles. The van der Waals surface area contributed by atoms with Crippen molar-refractivity contribution in [1.82, 2.24) is 9.88 Å². The van der Waals surface area contributed by atoms with Crippen LogP contribution in [0.1, 0.15) is 41.3 Å².